The van der Waals surface area contributed by atoms with Crippen LogP contribution in [-0.2, 0) is 6.54 Å². The Morgan fingerprint density at radius 1 is 1.11 bits per heavy atom. The molecule has 0 atom stereocenters. The second-order valence-corrected chi connectivity index (χ2v) is 7.76. The van der Waals surface area contributed by atoms with Crippen molar-refractivity contribution >= 4 is 11.7 Å². The number of benzene rings is 2. The molecule has 0 spiro atoms. The minimum Gasteiger partial charge on any atom is -0.508 e. The molecule has 4 nitrogen and oxygen atoms in total. The number of phenols is 1. The lowest BCUT2D eigenvalue weighted by atomic mass is 9.93. The van der Waals surface area contributed by atoms with Crippen LogP contribution >= 0.6 is 0 Å². The molecule has 1 aliphatic rings. The molecule has 2 aromatic rings. The second kappa shape index (κ2) is 8.94. The van der Waals surface area contributed by atoms with Gasteiger partial charge in [-0.25, -0.2) is 4.79 Å². The lowest BCUT2D eigenvalue weighted by molar-refractivity contribution is 0.162. The van der Waals surface area contributed by atoms with Gasteiger partial charge in [0.25, 0.3) is 0 Å². The van der Waals surface area contributed by atoms with Crippen molar-refractivity contribution in [1.29, 1.82) is 0 Å². The quantitative estimate of drug-likeness (QED) is 0.694. The first-order chi connectivity index (χ1) is 13.0. The molecule has 1 aliphatic carbocycles. The zero-order valence-electron chi connectivity index (χ0n) is 16.3. The number of nitrogens with zero attached hydrogens (tertiary/aromatic N) is 1. The van der Waals surface area contributed by atoms with Crippen LogP contribution in [0.5, 0.6) is 5.75 Å². The van der Waals surface area contributed by atoms with Gasteiger partial charge in [-0.05, 0) is 42.5 Å². The van der Waals surface area contributed by atoms with E-state index in [4.69, 9.17) is 0 Å². The molecule has 0 bridgehead atoms. The highest BCUT2D eigenvalue weighted by atomic mass is 16.3. The fourth-order valence-electron chi connectivity index (χ4n) is 3.75. The fourth-order valence-corrected chi connectivity index (χ4v) is 3.75. The van der Waals surface area contributed by atoms with Crippen LogP contribution < -0.4 is 5.32 Å². The van der Waals surface area contributed by atoms with Crippen LogP contribution in [0.25, 0.3) is 0 Å². The Hall–Kier alpha value is -2.49. The van der Waals surface area contributed by atoms with E-state index < -0.39 is 0 Å². The van der Waals surface area contributed by atoms with E-state index in [1.165, 1.54) is 12.0 Å². The summed E-state index contributed by atoms with van der Waals surface area (Å²) in [6.07, 6.45) is 5.58. The molecular formula is C23H30N2O2. The molecule has 0 aromatic heterocycles. The summed E-state index contributed by atoms with van der Waals surface area (Å²) in [4.78, 5) is 15.0. The molecule has 144 valence electrons. The molecule has 27 heavy (non-hydrogen) atoms. The van der Waals surface area contributed by atoms with Crippen molar-refractivity contribution in [2.45, 2.75) is 64.5 Å². The van der Waals surface area contributed by atoms with E-state index in [0.29, 0.717) is 12.5 Å². The number of carbonyl (C=O) groups is 1. The SMILES string of the molecule is CC(C)c1ccc(O)c(CN(C(=O)Nc2ccccc2)C2CCCCC2)c1. The van der Waals surface area contributed by atoms with Crippen LogP contribution in [0, 0.1) is 0 Å². The highest BCUT2D eigenvalue weighted by molar-refractivity contribution is 5.89. The summed E-state index contributed by atoms with van der Waals surface area (Å²) in [6.45, 7) is 4.70. The van der Waals surface area contributed by atoms with Gasteiger partial charge >= 0.3 is 6.03 Å². The van der Waals surface area contributed by atoms with E-state index in [1.54, 1.807) is 6.07 Å². The van der Waals surface area contributed by atoms with Crippen molar-refractivity contribution in [1.82, 2.24) is 4.90 Å². The Balaban J connectivity index is 1.83. The summed E-state index contributed by atoms with van der Waals surface area (Å²) >= 11 is 0. The first kappa shape index (κ1) is 19.3. The van der Waals surface area contributed by atoms with Gasteiger partial charge in [0.2, 0.25) is 0 Å². The monoisotopic (exact) mass is 366 g/mol. The van der Waals surface area contributed by atoms with Gasteiger partial charge in [0.1, 0.15) is 5.75 Å². The van der Waals surface area contributed by atoms with E-state index >= 15 is 0 Å². The number of para-hydroxylation sites is 1. The highest BCUT2D eigenvalue weighted by Crippen LogP contribution is 2.29. The maximum atomic E-state index is 13.1. The van der Waals surface area contributed by atoms with Gasteiger partial charge in [-0.15, -0.1) is 0 Å². The van der Waals surface area contributed by atoms with Crippen LogP contribution in [0.3, 0.4) is 0 Å². The van der Waals surface area contributed by atoms with Crippen LogP contribution in [-0.4, -0.2) is 22.1 Å². The number of hydrogen-bond donors (Lipinski definition) is 2. The predicted octanol–water partition coefficient (Wildman–Crippen LogP) is 5.88. The Kier molecular flexibility index (Phi) is 6.38. The number of carbonyl (C=O) groups excluding carboxylic acids is 1. The van der Waals surface area contributed by atoms with Crippen molar-refractivity contribution in [3.8, 4) is 5.75 Å². The zero-order valence-corrected chi connectivity index (χ0v) is 16.3. The Labute approximate surface area is 162 Å². The molecule has 3 rings (SSSR count). The number of hydrogen-bond acceptors (Lipinski definition) is 2. The first-order valence-electron chi connectivity index (χ1n) is 9.99. The summed E-state index contributed by atoms with van der Waals surface area (Å²) in [5, 5.41) is 13.4. The average Bonchev–Trinajstić information content (AvgIpc) is 2.68. The van der Waals surface area contributed by atoms with E-state index in [1.807, 2.05) is 47.4 Å². The summed E-state index contributed by atoms with van der Waals surface area (Å²) < 4.78 is 0. The van der Waals surface area contributed by atoms with Crippen molar-refractivity contribution in [3.63, 3.8) is 0 Å². The zero-order chi connectivity index (χ0) is 19.2. The minimum absolute atomic E-state index is 0.0950. The van der Waals surface area contributed by atoms with Gasteiger partial charge in [0, 0.05) is 17.3 Å². The maximum absolute atomic E-state index is 13.1. The third kappa shape index (κ3) is 5.03. The lowest BCUT2D eigenvalue weighted by Crippen LogP contribution is -2.43. The predicted molar refractivity (Wildman–Crippen MR) is 110 cm³/mol. The molecular weight excluding hydrogens is 336 g/mol. The van der Waals surface area contributed by atoms with Gasteiger partial charge in [-0.3, -0.25) is 0 Å². The van der Waals surface area contributed by atoms with Gasteiger partial charge in [-0.2, -0.15) is 0 Å². The number of aromatic hydroxyl groups is 1. The summed E-state index contributed by atoms with van der Waals surface area (Å²) in [7, 11) is 0. The number of amides is 2. The molecule has 2 aromatic carbocycles. The molecule has 0 heterocycles. The number of rotatable bonds is 5. The lowest BCUT2D eigenvalue weighted by Gasteiger charge is -2.34. The number of nitrogens with one attached hydrogen (secondary N) is 1. The molecule has 0 radical (unpaired) electrons. The third-order valence-electron chi connectivity index (χ3n) is 5.41. The summed E-state index contributed by atoms with van der Waals surface area (Å²) in [6, 6.07) is 15.4. The maximum Gasteiger partial charge on any atom is 0.322 e. The summed E-state index contributed by atoms with van der Waals surface area (Å²) in [5.41, 5.74) is 2.79. The fraction of sp³-hybridized carbons (Fsp3) is 0.435. The number of urea groups is 1. The molecule has 1 fully saturated rings. The minimum atomic E-state index is -0.0950. The number of phenolic OH excluding ortho intramolecular Hbond substituents is 1. The van der Waals surface area contributed by atoms with E-state index in [9.17, 15) is 9.90 Å². The number of anilines is 1. The highest BCUT2D eigenvalue weighted by Gasteiger charge is 2.26. The Morgan fingerprint density at radius 3 is 2.48 bits per heavy atom. The topological polar surface area (TPSA) is 52.6 Å². The second-order valence-electron chi connectivity index (χ2n) is 7.76. The standard InChI is InChI=1S/C23H30N2O2/c1-17(2)18-13-14-22(26)19(15-18)16-25(21-11-7-4-8-12-21)23(27)24-20-9-5-3-6-10-20/h3,5-6,9-10,13-15,17,21,26H,4,7-8,11-12,16H2,1-2H3,(H,24,27). The largest absolute Gasteiger partial charge is 0.508 e. The van der Waals surface area contributed by atoms with E-state index in [2.05, 4.69) is 19.2 Å². The van der Waals surface area contributed by atoms with Gasteiger partial charge in [0.05, 0.1) is 6.54 Å². The molecule has 0 unspecified atom stereocenters. The van der Waals surface area contributed by atoms with E-state index in [-0.39, 0.29) is 17.8 Å². The normalized spacial score (nSPS) is 14.9. The molecule has 0 aliphatic heterocycles. The van der Waals surface area contributed by atoms with Gasteiger partial charge < -0.3 is 15.3 Å². The third-order valence-corrected chi connectivity index (χ3v) is 5.41. The van der Waals surface area contributed by atoms with Gasteiger partial charge in [0.15, 0.2) is 0 Å². The smallest absolute Gasteiger partial charge is 0.322 e. The van der Waals surface area contributed by atoms with Crippen LogP contribution in [0.15, 0.2) is 48.5 Å². The molecule has 0 saturated heterocycles. The van der Waals surface area contributed by atoms with Gasteiger partial charge in [-0.1, -0.05) is 63.4 Å². The van der Waals surface area contributed by atoms with E-state index in [0.717, 1.165) is 36.9 Å². The van der Waals surface area contributed by atoms with Crippen LogP contribution in [0.2, 0.25) is 0 Å². The molecule has 2 amide bonds. The Bertz CT molecular complexity index is 752. The molecule has 4 heteroatoms. The average molecular weight is 367 g/mol. The van der Waals surface area contributed by atoms with Crippen molar-refractivity contribution in [2.24, 2.45) is 0 Å². The van der Waals surface area contributed by atoms with Crippen LogP contribution in [0.4, 0.5) is 10.5 Å². The molecule has 1 saturated carbocycles. The van der Waals surface area contributed by atoms with Crippen LogP contribution in [0.1, 0.15) is 63.0 Å². The van der Waals surface area contributed by atoms with Crippen molar-refractivity contribution in [3.05, 3.63) is 59.7 Å². The Morgan fingerprint density at radius 2 is 1.81 bits per heavy atom. The van der Waals surface area contributed by atoms with Crippen molar-refractivity contribution < 1.29 is 9.90 Å². The summed E-state index contributed by atoms with van der Waals surface area (Å²) in [5.74, 6) is 0.637. The first-order valence-corrected chi connectivity index (χ1v) is 9.99. The molecule has 2 N–H and O–H groups in total. The van der Waals surface area contributed by atoms with Crippen molar-refractivity contribution in [2.75, 3.05) is 5.32 Å².